The molecule has 0 aliphatic rings. The Morgan fingerprint density at radius 1 is 1.22 bits per heavy atom. The number of nitrogens with one attached hydrogen (secondary N) is 1. The van der Waals surface area contributed by atoms with Gasteiger partial charge in [-0.15, -0.1) is 11.3 Å². The van der Waals surface area contributed by atoms with Crippen LogP contribution >= 0.6 is 11.3 Å². The van der Waals surface area contributed by atoms with Gasteiger partial charge in [-0.25, -0.2) is 4.98 Å². The first-order valence-corrected chi connectivity index (χ1v) is 7.65. The van der Waals surface area contributed by atoms with E-state index in [-0.39, 0.29) is 5.69 Å². The van der Waals surface area contributed by atoms with E-state index in [1.165, 1.54) is 23.5 Å². The van der Waals surface area contributed by atoms with Gasteiger partial charge in [-0.05, 0) is 12.1 Å². The smallest absolute Gasteiger partial charge is 0.270 e. The van der Waals surface area contributed by atoms with Crippen molar-refractivity contribution in [2.45, 2.75) is 0 Å². The number of thiazole rings is 1. The maximum absolute atomic E-state index is 10.9. The third-order valence-corrected chi connectivity index (χ3v) is 3.94. The molecule has 23 heavy (non-hydrogen) atoms. The molecule has 0 fully saturated rings. The summed E-state index contributed by atoms with van der Waals surface area (Å²) in [6.45, 7) is 0. The minimum absolute atomic E-state index is 0.0535. The lowest BCUT2D eigenvalue weighted by molar-refractivity contribution is -0.384. The van der Waals surface area contributed by atoms with Gasteiger partial charge >= 0.3 is 0 Å². The number of hydrogen-bond donors (Lipinski definition) is 1. The summed E-state index contributed by atoms with van der Waals surface area (Å²) >= 11 is 1.43. The zero-order valence-corrected chi connectivity index (χ0v) is 13.0. The molecule has 116 valence electrons. The van der Waals surface area contributed by atoms with Gasteiger partial charge in [0.05, 0.1) is 17.7 Å². The highest BCUT2D eigenvalue weighted by Gasteiger charge is 2.10. The molecule has 1 N–H and O–H groups in total. The second kappa shape index (κ2) is 6.45. The van der Waals surface area contributed by atoms with E-state index in [1.54, 1.807) is 19.2 Å². The van der Waals surface area contributed by atoms with Crippen LogP contribution in [-0.4, -0.2) is 17.0 Å². The largest absolute Gasteiger partial charge is 0.497 e. The number of hydrogen-bond acceptors (Lipinski definition) is 6. The van der Waals surface area contributed by atoms with Crippen LogP contribution in [0.1, 0.15) is 0 Å². The molecule has 0 aliphatic carbocycles. The van der Waals surface area contributed by atoms with Gasteiger partial charge in [0.2, 0.25) is 0 Å². The Bertz CT molecular complexity index is 848. The van der Waals surface area contributed by atoms with Crippen LogP contribution < -0.4 is 10.1 Å². The van der Waals surface area contributed by atoms with Gasteiger partial charge in [-0.3, -0.25) is 10.1 Å². The van der Waals surface area contributed by atoms with Gasteiger partial charge in [0.1, 0.15) is 5.75 Å². The normalized spacial score (nSPS) is 10.3. The van der Waals surface area contributed by atoms with Gasteiger partial charge in [0, 0.05) is 34.8 Å². The number of aromatic nitrogens is 1. The fraction of sp³-hybridized carbons (Fsp3) is 0.0625. The molecule has 0 saturated heterocycles. The van der Waals surface area contributed by atoms with E-state index >= 15 is 0 Å². The monoisotopic (exact) mass is 327 g/mol. The first-order valence-electron chi connectivity index (χ1n) is 6.77. The van der Waals surface area contributed by atoms with E-state index in [1.807, 2.05) is 29.6 Å². The Hall–Kier alpha value is -2.93. The van der Waals surface area contributed by atoms with Gasteiger partial charge in [-0.2, -0.15) is 0 Å². The molecular formula is C16H13N3O3S. The van der Waals surface area contributed by atoms with Gasteiger partial charge in [-0.1, -0.05) is 18.2 Å². The van der Waals surface area contributed by atoms with Crippen molar-refractivity contribution in [3.63, 3.8) is 0 Å². The maximum Gasteiger partial charge on any atom is 0.270 e. The highest BCUT2D eigenvalue weighted by Crippen LogP contribution is 2.29. The minimum Gasteiger partial charge on any atom is -0.497 e. The molecule has 0 aliphatic heterocycles. The van der Waals surface area contributed by atoms with Crippen molar-refractivity contribution < 1.29 is 9.66 Å². The number of rotatable bonds is 5. The Kier molecular flexibility index (Phi) is 4.20. The summed E-state index contributed by atoms with van der Waals surface area (Å²) in [6, 6.07) is 14.0. The van der Waals surface area contributed by atoms with Crippen LogP contribution in [0.25, 0.3) is 11.3 Å². The lowest BCUT2D eigenvalue weighted by Crippen LogP contribution is -1.91. The molecule has 3 aromatic rings. The molecule has 7 heteroatoms. The summed E-state index contributed by atoms with van der Waals surface area (Å²) in [6.07, 6.45) is 0. The maximum atomic E-state index is 10.9. The molecule has 6 nitrogen and oxygen atoms in total. The molecule has 0 saturated carbocycles. The zero-order chi connectivity index (χ0) is 16.2. The van der Waals surface area contributed by atoms with E-state index in [0.717, 1.165) is 11.4 Å². The first-order chi connectivity index (χ1) is 11.2. The predicted molar refractivity (Wildman–Crippen MR) is 90.5 cm³/mol. The average Bonchev–Trinajstić information content (AvgIpc) is 3.03. The molecule has 0 amide bonds. The van der Waals surface area contributed by atoms with Crippen molar-refractivity contribution in [1.29, 1.82) is 0 Å². The highest BCUT2D eigenvalue weighted by atomic mass is 32.1. The van der Waals surface area contributed by atoms with E-state index in [9.17, 15) is 10.1 Å². The highest BCUT2D eigenvalue weighted by molar-refractivity contribution is 7.14. The molecule has 0 atom stereocenters. The molecular weight excluding hydrogens is 314 g/mol. The third-order valence-electron chi connectivity index (χ3n) is 3.18. The first kappa shape index (κ1) is 15.0. The fourth-order valence-electron chi connectivity index (χ4n) is 2.07. The Morgan fingerprint density at radius 2 is 2.04 bits per heavy atom. The number of methoxy groups -OCH3 is 1. The quantitative estimate of drug-likeness (QED) is 0.552. The van der Waals surface area contributed by atoms with Crippen LogP contribution in [0, 0.1) is 10.1 Å². The second-order valence-corrected chi connectivity index (χ2v) is 5.56. The van der Waals surface area contributed by atoms with E-state index in [0.29, 0.717) is 16.4 Å². The van der Waals surface area contributed by atoms with E-state index < -0.39 is 4.92 Å². The number of anilines is 2. The standard InChI is InChI=1S/C16H13N3O3S/c1-22-14-7-3-5-12(9-14)17-16-18-15(10-23-16)11-4-2-6-13(8-11)19(20)21/h2-10H,1H3,(H,17,18). The Morgan fingerprint density at radius 3 is 2.83 bits per heavy atom. The van der Waals surface area contributed by atoms with Gasteiger partial charge in [0.15, 0.2) is 5.13 Å². The van der Waals surface area contributed by atoms with Crippen LogP contribution in [0.4, 0.5) is 16.5 Å². The van der Waals surface area contributed by atoms with Crippen molar-refractivity contribution in [3.8, 4) is 17.0 Å². The molecule has 0 spiro atoms. The fourth-order valence-corrected chi connectivity index (χ4v) is 2.81. The SMILES string of the molecule is COc1cccc(Nc2nc(-c3cccc([N+](=O)[O-])c3)cs2)c1. The number of nitro benzene ring substituents is 1. The summed E-state index contributed by atoms with van der Waals surface area (Å²) in [5.74, 6) is 0.755. The van der Waals surface area contributed by atoms with Crippen molar-refractivity contribution >= 4 is 27.8 Å². The van der Waals surface area contributed by atoms with Crippen LogP contribution in [-0.2, 0) is 0 Å². The number of nitrogens with zero attached hydrogens (tertiary/aromatic N) is 2. The predicted octanol–water partition coefficient (Wildman–Crippen LogP) is 4.47. The molecule has 0 bridgehead atoms. The van der Waals surface area contributed by atoms with Crippen molar-refractivity contribution in [1.82, 2.24) is 4.98 Å². The van der Waals surface area contributed by atoms with E-state index in [2.05, 4.69) is 10.3 Å². The molecule has 1 heterocycles. The summed E-state index contributed by atoms with van der Waals surface area (Å²) in [5, 5.41) is 16.6. The van der Waals surface area contributed by atoms with Crippen LogP contribution in [0.15, 0.2) is 53.9 Å². The lowest BCUT2D eigenvalue weighted by Gasteiger charge is -2.04. The summed E-state index contributed by atoms with van der Waals surface area (Å²) in [7, 11) is 1.61. The molecule has 1 aromatic heterocycles. The number of ether oxygens (including phenoxy) is 1. The summed E-state index contributed by atoms with van der Waals surface area (Å²) < 4.78 is 5.18. The van der Waals surface area contributed by atoms with Crippen molar-refractivity contribution in [2.75, 3.05) is 12.4 Å². The Labute approximate surface area is 136 Å². The van der Waals surface area contributed by atoms with Crippen molar-refractivity contribution in [3.05, 3.63) is 64.0 Å². The Balaban J connectivity index is 1.83. The van der Waals surface area contributed by atoms with Crippen LogP contribution in [0.5, 0.6) is 5.75 Å². The lowest BCUT2D eigenvalue weighted by atomic mass is 10.1. The number of nitro groups is 1. The summed E-state index contributed by atoms with van der Waals surface area (Å²) in [4.78, 5) is 14.9. The molecule has 0 radical (unpaired) electrons. The minimum atomic E-state index is -0.411. The summed E-state index contributed by atoms with van der Waals surface area (Å²) in [5.41, 5.74) is 2.33. The average molecular weight is 327 g/mol. The van der Waals surface area contributed by atoms with Crippen LogP contribution in [0.3, 0.4) is 0 Å². The molecule has 3 rings (SSSR count). The second-order valence-electron chi connectivity index (χ2n) is 4.70. The van der Waals surface area contributed by atoms with Crippen molar-refractivity contribution in [2.24, 2.45) is 0 Å². The van der Waals surface area contributed by atoms with Crippen LogP contribution in [0.2, 0.25) is 0 Å². The number of benzene rings is 2. The van der Waals surface area contributed by atoms with Gasteiger partial charge in [0.25, 0.3) is 5.69 Å². The molecule has 2 aromatic carbocycles. The zero-order valence-electron chi connectivity index (χ0n) is 12.2. The third kappa shape index (κ3) is 3.46. The number of non-ortho nitro benzene ring substituents is 1. The van der Waals surface area contributed by atoms with E-state index in [4.69, 9.17) is 4.74 Å². The molecule has 0 unspecified atom stereocenters. The topological polar surface area (TPSA) is 77.3 Å². The van der Waals surface area contributed by atoms with Gasteiger partial charge < -0.3 is 10.1 Å².